The molecule has 3 atom stereocenters. The number of carbonyl (C=O) groups is 3. The third kappa shape index (κ3) is 8.91. The average molecular weight is 460 g/mol. The zero-order chi connectivity index (χ0) is 25.3. The molecule has 0 aromatic heterocycles. The molecule has 0 spiro atoms. The van der Waals surface area contributed by atoms with Gasteiger partial charge in [0.1, 0.15) is 17.7 Å². The SMILES string of the molecule is C=CCN(C(=O)C(NC(=O)OC(C)(C)C)C(C)CC)C(C(=O)NC(C)C)c1cccc(C)c1. The summed E-state index contributed by atoms with van der Waals surface area (Å²) < 4.78 is 5.39. The molecule has 1 aromatic rings. The Hall–Kier alpha value is -2.83. The van der Waals surface area contributed by atoms with Crippen LogP contribution in [-0.4, -0.2) is 47.0 Å². The highest BCUT2D eigenvalue weighted by Gasteiger charge is 2.37. The summed E-state index contributed by atoms with van der Waals surface area (Å²) in [6.07, 6.45) is 1.57. The predicted molar refractivity (Wildman–Crippen MR) is 132 cm³/mol. The Kier molecular flexibility index (Phi) is 10.6. The summed E-state index contributed by atoms with van der Waals surface area (Å²) in [5.74, 6) is -0.824. The Morgan fingerprint density at radius 3 is 2.27 bits per heavy atom. The van der Waals surface area contributed by atoms with Gasteiger partial charge in [-0.15, -0.1) is 6.58 Å². The van der Waals surface area contributed by atoms with E-state index in [1.807, 2.05) is 58.9 Å². The first kappa shape index (κ1) is 28.2. The van der Waals surface area contributed by atoms with Gasteiger partial charge >= 0.3 is 6.09 Å². The Balaban J connectivity index is 3.45. The highest BCUT2D eigenvalue weighted by atomic mass is 16.6. The third-order valence-corrected chi connectivity index (χ3v) is 5.11. The molecule has 0 radical (unpaired) electrons. The zero-order valence-electron chi connectivity index (χ0n) is 21.4. The maximum atomic E-state index is 13.9. The molecule has 0 aliphatic heterocycles. The van der Waals surface area contributed by atoms with Crippen LogP contribution in [-0.2, 0) is 14.3 Å². The van der Waals surface area contributed by atoms with Crippen LogP contribution in [0.4, 0.5) is 4.79 Å². The van der Waals surface area contributed by atoms with E-state index < -0.39 is 23.8 Å². The molecule has 7 nitrogen and oxygen atoms in total. The van der Waals surface area contributed by atoms with E-state index in [1.165, 1.54) is 4.90 Å². The third-order valence-electron chi connectivity index (χ3n) is 5.11. The maximum absolute atomic E-state index is 13.9. The quantitative estimate of drug-likeness (QED) is 0.504. The van der Waals surface area contributed by atoms with Crippen LogP contribution in [0.2, 0.25) is 0 Å². The molecule has 0 saturated heterocycles. The average Bonchev–Trinajstić information content (AvgIpc) is 2.68. The van der Waals surface area contributed by atoms with Crippen LogP contribution in [0.15, 0.2) is 36.9 Å². The maximum Gasteiger partial charge on any atom is 0.408 e. The standard InChI is InChI=1S/C26H41N3O4/c1-10-15-29(22(23(30)27-17(3)4)20-14-12-13-18(5)16-20)24(31)21(19(6)11-2)28-25(32)33-26(7,8)9/h10,12-14,16-17,19,21-22H,1,11,15H2,2-9H3,(H,27,30)(H,28,32). The minimum atomic E-state index is -0.871. The number of hydrogen-bond acceptors (Lipinski definition) is 4. The lowest BCUT2D eigenvalue weighted by molar-refractivity contribution is -0.143. The molecule has 0 fully saturated rings. The summed E-state index contributed by atoms with van der Waals surface area (Å²) in [7, 11) is 0. The summed E-state index contributed by atoms with van der Waals surface area (Å²) in [5, 5.41) is 5.67. The number of nitrogens with one attached hydrogen (secondary N) is 2. The number of benzene rings is 1. The number of carbonyl (C=O) groups excluding carboxylic acids is 3. The Morgan fingerprint density at radius 1 is 1.15 bits per heavy atom. The molecule has 7 heteroatoms. The second kappa shape index (κ2) is 12.4. The van der Waals surface area contributed by atoms with Crippen LogP contribution in [0.3, 0.4) is 0 Å². The number of ether oxygens (including phenoxy) is 1. The van der Waals surface area contributed by atoms with Crippen LogP contribution >= 0.6 is 0 Å². The lowest BCUT2D eigenvalue weighted by atomic mass is 9.95. The van der Waals surface area contributed by atoms with Crippen LogP contribution in [0.5, 0.6) is 0 Å². The molecular weight excluding hydrogens is 418 g/mol. The monoisotopic (exact) mass is 459 g/mol. The second-order valence-corrected chi connectivity index (χ2v) is 9.77. The van der Waals surface area contributed by atoms with Gasteiger partial charge in [-0.25, -0.2) is 4.79 Å². The van der Waals surface area contributed by atoms with E-state index in [4.69, 9.17) is 4.74 Å². The van der Waals surface area contributed by atoms with Crippen molar-refractivity contribution in [2.75, 3.05) is 6.54 Å². The summed E-state index contributed by atoms with van der Waals surface area (Å²) in [6, 6.07) is 5.70. The molecule has 184 valence electrons. The summed E-state index contributed by atoms with van der Waals surface area (Å²) in [4.78, 5) is 41.2. The topological polar surface area (TPSA) is 87.7 Å². The molecule has 0 heterocycles. The lowest BCUT2D eigenvalue weighted by Crippen LogP contribution is -2.55. The van der Waals surface area contributed by atoms with E-state index >= 15 is 0 Å². The zero-order valence-corrected chi connectivity index (χ0v) is 21.4. The number of alkyl carbamates (subject to hydrolysis) is 1. The fourth-order valence-electron chi connectivity index (χ4n) is 3.43. The number of amides is 3. The van der Waals surface area contributed by atoms with Gasteiger partial charge in [-0.3, -0.25) is 9.59 Å². The van der Waals surface area contributed by atoms with Crippen molar-refractivity contribution in [1.82, 2.24) is 15.5 Å². The van der Waals surface area contributed by atoms with Crippen molar-refractivity contribution in [3.8, 4) is 0 Å². The minimum Gasteiger partial charge on any atom is -0.444 e. The van der Waals surface area contributed by atoms with E-state index in [2.05, 4.69) is 17.2 Å². The van der Waals surface area contributed by atoms with Crippen LogP contribution in [0, 0.1) is 12.8 Å². The first-order valence-corrected chi connectivity index (χ1v) is 11.6. The predicted octanol–water partition coefficient (Wildman–Crippen LogP) is 4.51. The number of nitrogens with zero attached hydrogens (tertiary/aromatic N) is 1. The number of aryl methyl sites for hydroxylation is 1. The molecule has 0 saturated carbocycles. The largest absolute Gasteiger partial charge is 0.444 e. The molecular formula is C26H41N3O4. The first-order chi connectivity index (χ1) is 15.3. The van der Waals surface area contributed by atoms with Gasteiger partial charge < -0.3 is 20.3 Å². The van der Waals surface area contributed by atoms with E-state index in [1.54, 1.807) is 26.8 Å². The molecule has 2 N–H and O–H groups in total. The van der Waals surface area contributed by atoms with Crippen LogP contribution in [0.1, 0.15) is 72.1 Å². The Morgan fingerprint density at radius 2 is 1.79 bits per heavy atom. The van der Waals surface area contributed by atoms with Crippen molar-refractivity contribution >= 4 is 17.9 Å². The van der Waals surface area contributed by atoms with Gasteiger partial charge in [0.2, 0.25) is 11.8 Å². The van der Waals surface area contributed by atoms with Crippen LogP contribution < -0.4 is 10.6 Å². The lowest BCUT2D eigenvalue weighted by Gasteiger charge is -2.35. The molecule has 3 unspecified atom stereocenters. The summed E-state index contributed by atoms with van der Waals surface area (Å²) in [6.45, 7) is 18.8. The van der Waals surface area contributed by atoms with Crippen LogP contribution in [0.25, 0.3) is 0 Å². The van der Waals surface area contributed by atoms with E-state index in [0.29, 0.717) is 12.0 Å². The number of hydrogen-bond donors (Lipinski definition) is 2. The highest BCUT2D eigenvalue weighted by molar-refractivity contribution is 5.92. The molecule has 33 heavy (non-hydrogen) atoms. The van der Waals surface area contributed by atoms with Crippen molar-refractivity contribution in [3.05, 3.63) is 48.0 Å². The van der Waals surface area contributed by atoms with Gasteiger partial charge in [-0.05, 0) is 53.0 Å². The summed E-state index contributed by atoms with van der Waals surface area (Å²) >= 11 is 0. The smallest absolute Gasteiger partial charge is 0.408 e. The van der Waals surface area contributed by atoms with Crippen molar-refractivity contribution in [2.24, 2.45) is 5.92 Å². The van der Waals surface area contributed by atoms with Crippen molar-refractivity contribution in [1.29, 1.82) is 0 Å². The molecule has 1 aromatic carbocycles. The van der Waals surface area contributed by atoms with Gasteiger partial charge in [-0.2, -0.15) is 0 Å². The fraction of sp³-hybridized carbons (Fsp3) is 0.577. The Labute approximate surface area is 198 Å². The summed E-state index contributed by atoms with van der Waals surface area (Å²) in [5.41, 5.74) is 0.976. The van der Waals surface area contributed by atoms with Gasteiger partial charge in [0.05, 0.1) is 0 Å². The first-order valence-electron chi connectivity index (χ1n) is 11.6. The Bertz CT molecular complexity index is 829. The normalized spacial score (nSPS) is 14.1. The van der Waals surface area contributed by atoms with E-state index in [-0.39, 0.29) is 30.3 Å². The van der Waals surface area contributed by atoms with Crippen molar-refractivity contribution in [2.45, 2.75) is 85.5 Å². The fourth-order valence-corrected chi connectivity index (χ4v) is 3.43. The molecule has 0 aliphatic rings. The highest BCUT2D eigenvalue weighted by Crippen LogP contribution is 2.25. The molecule has 1 rings (SSSR count). The molecule has 3 amide bonds. The molecule has 0 aliphatic carbocycles. The van der Waals surface area contributed by atoms with Gasteiger partial charge in [-0.1, -0.05) is 56.2 Å². The van der Waals surface area contributed by atoms with Gasteiger partial charge in [0.15, 0.2) is 0 Å². The number of rotatable bonds is 10. The molecule has 0 bridgehead atoms. The second-order valence-electron chi connectivity index (χ2n) is 9.77. The van der Waals surface area contributed by atoms with E-state index in [9.17, 15) is 14.4 Å². The van der Waals surface area contributed by atoms with Gasteiger partial charge in [0.25, 0.3) is 0 Å². The van der Waals surface area contributed by atoms with E-state index in [0.717, 1.165) is 5.56 Å². The van der Waals surface area contributed by atoms with Crippen molar-refractivity contribution in [3.63, 3.8) is 0 Å². The van der Waals surface area contributed by atoms with Crippen molar-refractivity contribution < 1.29 is 19.1 Å². The van der Waals surface area contributed by atoms with Gasteiger partial charge in [0, 0.05) is 12.6 Å². The minimum absolute atomic E-state index is 0.101.